The highest BCUT2D eigenvalue weighted by molar-refractivity contribution is 5.86. The zero-order valence-corrected chi connectivity index (χ0v) is 12.8. The van der Waals surface area contributed by atoms with E-state index in [0.717, 1.165) is 12.8 Å². The molecule has 0 spiro atoms. The van der Waals surface area contributed by atoms with Crippen molar-refractivity contribution >= 4 is 11.9 Å². The number of amides is 1. The first-order valence-corrected chi connectivity index (χ1v) is 7.09. The summed E-state index contributed by atoms with van der Waals surface area (Å²) in [5.41, 5.74) is -0.960. The number of carbonyl (C=O) groups is 2. The van der Waals surface area contributed by atoms with Crippen LogP contribution in [0.5, 0.6) is 0 Å². The van der Waals surface area contributed by atoms with E-state index in [1.54, 1.807) is 20.9 Å². The second-order valence-corrected chi connectivity index (χ2v) is 6.95. The monoisotopic (exact) mass is 269 g/mol. The van der Waals surface area contributed by atoms with E-state index in [4.69, 9.17) is 0 Å². The van der Waals surface area contributed by atoms with Crippen molar-refractivity contribution in [1.82, 2.24) is 4.90 Å². The van der Waals surface area contributed by atoms with Crippen LogP contribution in [0, 0.1) is 11.3 Å². The maximum Gasteiger partial charge on any atom is 0.329 e. The molecule has 0 aromatic carbocycles. The van der Waals surface area contributed by atoms with Crippen LogP contribution in [0.15, 0.2) is 0 Å². The number of aliphatic carboxylic acids is 1. The molecule has 110 valence electrons. The van der Waals surface area contributed by atoms with Crippen molar-refractivity contribution in [2.75, 3.05) is 7.05 Å². The highest BCUT2D eigenvalue weighted by atomic mass is 16.4. The zero-order valence-electron chi connectivity index (χ0n) is 12.8. The third kappa shape index (κ3) is 3.48. The first-order chi connectivity index (χ1) is 8.59. The van der Waals surface area contributed by atoms with Gasteiger partial charge in [0.2, 0.25) is 5.91 Å². The molecule has 1 rings (SSSR count). The number of rotatable bonds is 4. The first-order valence-electron chi connectivity index (χ1n) is 7.09. The van der Waals surface area contributed by atoms with E-state index in [0.29, 0.717) is 12.3 Å². The molecule has 4 heteroatoms. The van der Waals surface area contributed by atoms with Crippen LogP contribution >= 0.6 is 0 Å². The fraction of sp³-hybridized carbons (Fsp3) is 0.867. The molecule has 1 fully saturated rings. The Kier molecular flexibility index (Phi) is 4.64. The molecule has 1 N–H and O–H groups in total. The fourth-order valence-corrected chi connectivity index (χ4v) is 2.75. The van der Waals surface area contributed by atoms with Gasteiger partial charge in [0.25, 0.3) is 0 Å². The van der Waals surface area contributed by atoms with E-state index in [2.05, 4.69) is 13.8 Å². The van der Waals surface area contributed by atoms with Crippen LogP contribution in [0.2, 0.25) is 0 Å². The first kappa shape index (κ1) is 16.0. The Labute approximate surface area is 116 Å². The highest BCUT2D eigenvalue weighted by Gasteiger charge is 2.39. The van der Waals surface area contributed by atoms with Gasteiger partial charge >= 0.3 is 5.97 Å². The predicted octanol–water partition coefficient (Wildman–Crippen LogP) is 2.91. The Bertz CT molecular complexity index is 360. The van der Waals surface area contributed by atoms with Crippen molar-refractivity contribution in [2.24, 2.45) is 11.3 Å². The minimum Gasteiger partial charge on any atom is -0.480 e. The number of nitrogens with zero attached hydrogens (tertiary/aromatic N) is 1. The van der Waals surface area contributed by atoms with E-state index in [9.17, 15) is 14.7 Å². The third-order valence-corrected chi connectivity index (χ3v) is 4.89. The Morgan fingerprint density at radius 3 is 2.37 bits per heavy atom. The summed E-state index contributed by atoms with van der Waals surface area (Å²) in [6.45, 7) is 7.57. The maximum atomic E-state index is 12.3. The lowest BCUT2D eigenvalue weighted by Gasteiger charge is -2.40. The Morgan fingerprint density at radius 1 is 1.32 bits per heavy atom. The number of carbonyl (C=O) groups excluding carboxylic acids is 1. The molecule has 1 unspecified atom stereocenters. The minimum absolute atomic E-state index is 0.0626. The summed E-state index contributed by atoms with van der Waals surface area (Å²) in [6, 6.07) is 0. The average molecular weight is 269 g/mol. The summed E-state index contributed by atoms with van der Waals surface area (Å²) in [6.07, 6.45) is 5.08. The van der Waals surface area contributed by atoms with Crippen molar-refractivity contribution < 1.29 is 14.7 Å². The third-order valence-electron chi connectivity index (χ3n) is 4.89. The van der Waals surface area contributed by atoms with Gasteiger partial charge in [0.1, 0.15) is 5.54 Å². The lowest BCUT2D eigenvalue weighted by molar-refractivity contribution is -0.156. The van der Waals surface area contributed by atoms with Crippen molar-refractivity contribution in [1.29, 1.82) is 0 Å². The molecule has 4 nitrogen and oxygen atoms in total. The molecule has 0 saturated heterocycles. The molecule has 0 radical (unpaired) electrons. The number of carboxylic acid groups (broad SMARTS) is 1. The van der Waals surface area contributed by atoms with Gasteiger partial charge in [-0.25, -0.2) is 4.79 Å². The summed E-state index contributed by atoms with van der Waals surface area (Å²) in [7, 11) is 1.59. The number of hydrogen-bond acceptors (Lipinski definition) is 2. The van der Waals surface area contributed by atoms with Gasteiger partial charge in [0.15, 0.2) is 0 Å². The van der Waals surface area contributed by atoms with Gasteiger partial charge in [0, 0.05) is 13.5 Å². The fourth-order valence-electron chi connectivity index (χ4n) is 2.75. The average Bonchev–Trinajstić information content (AvgIpc) is 2.30. The lowest BCUT2D eigenvalue weighted by Crippen LogP contribution is -2.51. The van der Waals surface area contributed by atoms with E-state index in [-0.39, 0.29) is 11.3 Å². The van der Waals surface area contributed by atoms with Crippen molar-refractivity contribution in [3.05, 3.63) is 0 Å². The predicted molar refractivity (Wildman–Crippen MR) is 74.8 cm³/mol. The number of likely N-dealkylation sites (N-methyl/N-ethyl adjacent to an activating group) is 1. The standard InChI is InChI=1S/C15H27NO3/c1-14(2)9-7-6-8-11(14)10-12(17)16(5)15(3,4)13(18)19/h11H,6-10H2,1-5H3,(H,18,19). The van der Waals surface area contributed by atoms with E-state index < -0.39 is 11.5 Å². The molecule has 0 heterocycles. The van der Waals surface area contributed by atoms with Crippen LogP contribution in [0.3, 0.4) is 0 Å². The molecular formula is C15H27NO3. The van der Waals surface area contributed by atoms with Crippen LogP contribution in [0.1, 0.15) is 59.8 Å². The van der Waals surface area contributed by atoms with Gasteiger partial charge in [-0.1, -0.05) is 26.7 Å². The van der Waals surface area contributed by atoms with Crippen molar-refractivity contribution in [3.8, 4) is 0 Å². The molecule has 1 saturated carbocycles. The van der Waals surface area contributed by atoms with E-state index in [1.165, 1.54) is 17.7 Å². The van der Waals surface area contributed by atoms with Crippen LogP contribution in [0.25, 0.3) is 0 Å². The van der Waals surface area contributed by atoms with Gasteiger partial charge in [-0.2, -0.15) is 0 Å². The van der Waals surface area contributed by atoms with Crippen molar-refractivity contribution in [2.45, 2.75) is 65.3 Å². The summed E-state index contributed by atoms with van der Waals surface area (Å²) >= 11 is 0. The lowest BCUT2D eigenvalue weighted by atomic mass is 9.67. The maximum absolute atomic E-state index is 12.3. The summed E-state index contributed by atoms with van der Waals surface area (Å²) < 4.78 is 0. The Hall–Kier alpha value is -1.06. The van der Waals surface area contributed by atoms with Gasteiger partial charge in [-0.15, -0.1) is 0 Å². The zero-order chi connectivity index (χ0) is 14.8. The van der Waals surface area contributed by atoms with Gasteiger partial charge < -0.3 is 10.0 Å². The van der Waals surface area contributed by atoms with Crippen LogP contribution in [-0.4, -0.2) is 34.5 Å². The van der Waals surface area contributed by atoms with Crippen LogP contribution in [0.4, 0.5) is 0 Å². The molecular weight excluding hydrogens is 242 g/mol. The summed E-state index contributed by atoms with van der Waals surface area (Å²) in [5.74, 6) is -0.667. The molecule has 1 aliphatic rings. The van der Waals surface area contributed by atoms with Gasteiger partial charge in [-0.05, 0) is 38.0 Å². The smallest absolute Gasteiger partial charge is 0.329 e. The SMILES string of the molecule is CN(C(=O)CC1CCCCC1(C)C)C(C)(C)C(=O)O. The molecule has 0 bridgehead atoms. The molecule has 0 aromatic heterocycles. The second kappa shape index (κ2) is 5.51. The van der Waals surface area contributed by atoms with Crippen LogP contribution < -0.4 is 0 Å². The minimum atomic E-state index is -1.14. The molecule has 1 atom stereocenters. The second-order valence-electron chi connectivity index (χ2n) is 6.95. The van der Waals surface area contributed by atoms with E-state index in [1.807, 2.05) is 0 Å². The molecule has 1 aliphatic carbocycles. The summed E-state index contributed by atoms with van der Waals surface area (Å²) in [4.78, 5) is 24.9. The molecule has 0 aliphatic heterocycles. The van der Waals surface area contributed by atoms with Gasteiger partial charge in [-0.3, -0.25) is 4.79 Å². The largest absolute Gasteiger partial charge is 0.480 e. The quantitative estimate of drug-likeness (QED) is 0.853. The Balaban J connectivity index is 2.71. The normalized spacial score (nSPS) is 22.9. The van der Waals surface area contributed by atoms with E-state index >= 15 is 0 Å². The highest BCUT2D eigenvalue weighted by Crippen LogP contribution is 2.42. The number of carboxylic acids is 1. The van der Waals surface area contributed by atoms with Crippen LogP contribution in [-0.2, 0) is 9.59 Å². The molecule has 19 heavy (non-hydrogen) atoms. The topological polar surface area (TPSA) is 57.6 Å². The summed E-state index contributed by atoms with van der Waals surface area (Å²) in [5, 5.41) is 9.18. The number of hydrogen-bond donors (Lipinski definition) is 1. The molecule has 1 amide bonds. The molecule has 0 aromatic rings. The van der Waals surface area contributed by atoms with Crippen molar-refractivity contribution in [3.63, 3.8) is 0 Å². The van der Waals surface area contributed by atoms with Gasteiger partial charge in [0.05, 0.1) is 0 Å². The Morgan fingerprint density at radius 2 is 1.89 bits per heavy atom.